The molecule has 0 saturated carbocycles. The number of halogens is 2. The number of aryl methyl sites for hydroxylation is 1. The second-order valence-corrected chi connectivity index (χ2v) is 5.40. The van der Waals surface area contributed by atoms with Crippen LogP contribution in [0, 0.1) is 6.92 Å². The molecule has 0 aliphatic heterocycles. The Kier molecular flexibility index (Phi) is 4.45. The third kappa shape index (κ3) is 3.98. The predicted molar refractivity (Wildman–Crippen MR) is 83.0 cm³/mol. The number of hydrogen-bond acceptors (Lipinski definition) is 1. The first-order valence-electron chi connectivity index (χ1n) is 5.64. The molecule has 0 radical (unpaired) electrons. The van der Waals surface area contributed by atoms with Crippen LogP contribution in [-0.4, -0.2) is 6.03 Å². The molecule has 0 saturated heterocycles. The van der Waals surface area contributed by atoms with E-state index in [9.17, 15) is 4.79 Å². The molecule has 3 nitrogen and oxygen atoms in total. The quantitative estimate of drug-likeness (QED) is 0.789. The molecule has 0 unspecified atom stereocenters. The molecule has 5 heteroatoms. The van der Waals surface area contributed by atoms with Crippen molar-refractivity contribution >= 4 is 44.9 Å². The second kappa shape index (κ2) is 6.08. The van der Waals surface area contributed by atoms with Crippen molar-refractivity contribution in [2.24, 2.45) is 0 Å². The molecule has 2 amide bonds. The van der Waals surface area contributed by atoms with E-state index in [2.05, 4.69) is 26.6 Å². The molecular weight excluding hydrogens is 328 g/mol. The highest BCUT2D eigenvalue weighted by Gasteiger charge is 2.06. The summed E-state index contributed by atoms with van der Waals surface area (Å²) < 4.78 is 0.850. The number of carbonyl (C=O) groups excluding carboxylic acids is 1. The Morgan fingerprint density at radius 2 is 1.95 bits per heavy atom. The lowest BCUT2D eigenvalue weighted by Gasteiger charge is -2.09. The van der Waals surface area contributed by atoms with Gasteiger partial charge in [-0.05, 0) is 42.8 Å². The Hall–Kier alpha value is -1.52. The molecule has 0 aliphatic rings. The summed E-state index contributed by atoms with van der Waals surface area (Å²) in [4.78, 5) is 11.9. The second-order valence-electron chi connectivity index (χ2n) is 4.07. The third-order valence-corrected chi connectivity index (χ3v) is 3.28. The molecule has 0 aliphatic carbocycles. The van der Waals surface area contributed by atoms with Gasteiger partial charge in [-0.2, -0.15) is 0 Å². The maximum atomic E-state index is 11.9. The van der Waals surface area contributed by atoms with E-state index in [0.717, 1.165) is 15.7 Å². The number of hydrogen-bond donors (Lipinski definition) is 2. The first-order chi connectivity index (χ1) is 9.04. The summed E-state index contributed by atoms with van der Waals surface area (Å²) in [5, 5.41) is 5.95. The zero-order valence-corrected chi connectivity index (χ0v) is 12.5. The summed E-state index contributed by atoms with van der Waals surface area (Å²) in [5.74, 6) is 0. The van der Waals surface area contributed by atoms with Crippen molar-refractivity contribution in [2.45, 2.75) is 6.92 Å². The van der Waals surface area contributed by atoms with Gasteiger partial charge in [0.15, 0.2) is 0 Å². The van der Waals surface area contributed by atoms with Gasteiger partial charge in [-0.3, -0.25) is 0 Å². The Labute approximate surface area is 125 Å². The predicted octanol–water partition coefficient (Wildman–Crippen LogP) is 5.05. The van der Waals surface area contributed by atoms with Crippen LogP contribution in [0.25, 0.3) is 0 Å². The van der Waals surface area contributed by atoms with Crippen LogP contribution in [0.5, 0.6) is 0 Å². The van der Waals surface area contributed by atoms with Crippen LogP contribution >= 0.6 is 27.5 Å². The monoisotopic (exact) mass is 338 g/mol. The van der Waals surface area contributed by atoms with Gasteiger partial charge < -0.3 is 10.6 Å². The highest BCUT2D eigenvalue weighted by molar-refractivity contribution is 9.10. The molecule has 0 fully saturated rings. The first kappa shape index (κ1) is 13.9. The fourth-order valence-electron chi connectivity index (χ4n) is 1.60. The molecule has 0 heterocycles. The number of nitrogens with one attached hydrogen (secondary N) is 2. The molecule has 2 N–H and O–H groups in total. The smallest absolute Gasteiger partial charge is 0.308 e. The zero-order valence-electron chi connectivity index (χ0n) is 10.2. The third-order valence-electron chi connectivity index (χ3n) is 2.45. The maximum absolute atomic E-state index is 11.9. The van der Waals surface area contributed by atoms with Gasteiger partial charge in [0, 0.05) is 10.2 Å². The van der Waals surface area contributed by atoms with Crippen LogP contribution in [0.1, 0.15) is 5.56 Å². The zero-order chi connectivity index (χ0) is 13.8. The van der Waals surface area contributed by atoms with E-state index in [1.165, 1.54) is 0 Å². The van der Waals surface area contributed by atoms with E-state index in [-0.39, 0.29) is 6.03 Å². The average molecular weight is 340 g/mol. The van der Waals surface area contributed by atoms with Gasteiger partial charge in [0.2, 0.25) is 0 Å². The minimum atomic E-state index is -0.328. The van der Waals surface area contributed by atoms with E-state index in [1.807, 2.05) is 37.3 Å². The average Bonchev–Trinajstić information content (AvgIpc) is 2.34. The van der Waals surface area contributed by atoms with Crippen molar-refractivity contribution in [1.82, 2.24) is 0 Å². The topological polar surface area (TPSA) is 41.1 Å². The van der Waals surface area contributed by atoms with Crippen LogP contribution < -0.4 is 10.6 Å². The lowest BCUT2D eigenvalue weighted by atomic mass is 10.2. The van der Waals surface area contributed by atoms with Crippen LogP contribution in [0.15, 0.2) is 46.9 Å². The number of urea groups is 1. The molecule has 2 aromatic carbocycles. The Bertz CT molecular complexity index is 616. The summed E-state index contributed by atoms with van der Waals surface area (Å²) in [5.41, 5.74) is 2.38. The van der Waals surface area contributed by atoms with Crippen molar-refractivity contribution in [1.29, 1.82) is 0 Å². The van der Waals surface area contributed by atoms with E-state index in [0.29, 0.717) is 10.7 Å². The number of rotatable bonds is 2. The molecule has 0 spiro atoms. The van der Waals surface area contributed by atoms with Gasteiger partial charge >= 0.3 is 6.03 Å². The van der Waals surface area contributed by atoms with Crippen LogP contribution in [0.3, 0.4) is 0 Å². The molecule has 0 aromatic heterocycles. The van der Waals surface area contributed by atoms with Crippen molar-refractivity contribution < 1.29 is 4.79 Å². The standard InChI is InChI=1S/C14H12BrClN2O/c1-9-3-2-4-11(7-9)17-14(19)18-13-8-10(15)5-6-12(13)16/h2-8H,1H3,(H2,17,18,19). The fourth-order valence-corrected chi connectivity index (χ4v) is 2.13. The van der Waals surface area contributed by atoms with Crippen LogP contribution in [-0.2, 0) is 0 Å². The lowest BCUT2D eigenvalue weighted by Crippen LogP contribution is -2.19. The van der Waals surface area contributed by atoms with Crippen molar-refractivity contribution in [2.75, 3.05) is 10.6 Å². The van der Waals surface area contributed by atoms with Gasteiger partial charge in [0.05, 0.1) is 10.7 Å². The Balaban J connectivity index is 2.07. The number of benzene rings is 2. The van der Waals surface area contributed by atoms with Crippen molar-refractivity contribution in [3.63, 3.8) is 0 Å². The number of carbonyl (C=O) groups is 1. The van der Waals surface area contributed by atoms with E-state index < -0.39 is 0 Å². The van der Waals surface area contributed by atoms with E-state index >= 15 is 0 Å². The van der Waals surface area contributed by atoms with E-state index in [1.54, 1.807) is 12.1 Å². The van der Waals surface area contributed by atoms with Crippen LogP contribution in [0.4, 0.5) is 16.2 Å². The molecule has 19 heavy (non-hydrogen) atoms. The highest BCUT2D eigenvalue weighted by Crippen LogP contribution is 2.25. The highest BCUT2D eigenvalue weighted by atomic mass is 79.9. The van der Waals surface area contributed by atoms with Gasteiger partial charge in [-0.25, -0.2) is 4.79 Å². The summed E-state index contributed by atoms with van der Waals surface area (Å²) in [6.45, 7) is 1.97. The Morgan fingerprint density at radius 1 is 1.16 bits per heavy atom. The lowest BCUT2D eigenvalue weighted by molar-refractivity contribution is 0.262. The number of amides is 2. The van der Waals surface area contributed by atoms with Gasteiger partial charge in [0.25, 0.3) is 0 Å². The number of anilines is 2. The van der Waals surface area contributed by atoms with Crippen molar-refractivity contribution in [3.05, 3.63) is 57.5 Å². The minimum absolute atomic E-state index is 0.328. The minimum Gasteiger partial charge on any atom is -0.308 e. The SMILES string of the molecule is Cc1cccc(NC(=O)Nc2cc(Br)ccc2Cl)c1. The van der Waals surface area contributed by atoms with Crippen molar-refractivity contribution in [3.8, 4) is 0 Å². The van der Waals surface area contributed by atoms with Gasteiger partial charge in [0.1, 0.15) is 0 Å². The van der Waals surface area contributed by atoms with Crippen LogP contribution in [0.2, 0.25) is 5.02 Å². The normalized spacial score (nSPS) is 10.1. The van der Waals surface area contributed by atoms with E-state index in [4.69, 9.17) is 11.6 Å². The molecule has 98 valence electrons. The molecular formula is C14H12BrClN2O. The summed E-state index contributed by atoms with van der Waals surface area (Å²) >= 11 is 9.34. The molecule has 0 atom stereocenters. The summed E-state index contributed by atoms with van der Waals surface area (Å²) in [6, 6.07) is 12.5. The summed E-state index contributed by atoms with van der Waals surface area (Å²) in [6.07, 6.45) is 0. The summed E-state index contributed by atoms with van der Waals surface area (Å²) in [7, 11) is 0. The first-order valence-corrected chi connectivity index (χ1v) is 6.81. The van der Waals surface area contributed by atoms with Gasteiger partial charge in [-0.1, -0.05) is 39.7 Å². The maximum Gasteiger partial charge on any atom is 0.323 e. The molecule has 0 bridgehead atoms. The Morgan fingerprint density at radius 3 is 2.68 bits per heavy atom. The van der Waals surface area contributed by atoms with Gasteiger partial charge in [-0.15, -0.1) is 0 Å². The fraction of sp³-hybridized carbons (Fsp3) is 0.0714. The largest absolute Gasteiger partial charge is 0.323 e. The molecule has 2 aromatic rings. The molecule has 2 rings (SSSR count).